The van der Waals surface area contributed by atoms with E-state index in [1.165, 1.54) is 23.9 Å². The number of pyridine rings is 2. The molecule has 2 N–H and O–H groups in total. The molecule has 0 bridgehead atoms. The van der Waals surface area contributed by atoms with Crippen LogP contribution in [0.4, 0.5) is 10.1 Å². The van der Waals surface area contributed by atoms with E-state index in [4.69, 9.17) is 12.2 Å². The summed E-state index contributed by atoms with van der Waals surface area (Å²) >= 11 is 5.45. The topological polar surface area (TPSA) is 62.2 Å². The first-order chi connectivity index (χ1) is 15.0. The first-order valence-electron chi connectivity index (χ1n) is 10.5. The van der Waals surface area contributed by atoms with Crippen molar-refractivity contribution >= 4 is 34.1 Å². The maximum atomic E-state index is 13.6. The van der Waals surface area contributed by atoms with Gasteiger partial charge in [0.2, 0.25) is 0 Å². The minimum Gasteiger partial charge on any atom is -0.360 e. The molecular formula is C23H26FN5OS. The van der Waals surface area contributed by atoms with Crippen molar-refractivity contribution in [2.45, 2.75) is 32.4 Å². The summed E-state index contributed by atoms with van der Waals surface area (Å²) in [6.45, 7) is 5.12. The van der Waals surface area contributed by atoms with Crippen molar-refractivity contribution in [2.24, 2.45) is 0 Å². The molecule has 1 aliphatic heterocycles. The summed E-state index contributed by atoms with van der Waals surface area (Å²) in [7, 11) is 0. The number of aromatic nitrogens is 2. The number of benzene rings is 1. The molecule has 0 unspecified atom stereocenters. The van der Waals surface area contributed by atoms with Crippen LogP contribution in [-0.2, 0) is 6.54 Å². The van der Waals surface area contributed by atoms with Crippen LogP contribution in [0.2, 0.25) is 0 Å². The van der Waals surface area contributed by atoms with Gasteiger partial charge in [0, 0.05) is 50.0 Å². The maximum absolute atomic E-state index is 13.6. The van der Waals surface area contributed by atoms with Crippen molar-refractivity contribution in [3.63, 3.8) is 0 Å². The van der Waals surface area contributed by atoms with Gasteiger partial charge in [-0.1, -0.05) is 17.7 Å². The number of nitrogens with one attached hydrogen (secondary N) is 2. The van der Waals surface area contributed by atoms with Gasteiger partial charge in [0.25, 0.3) is 5.56 Å². The van der Waals surface area contributed by atoms with Crippen molar-refractivity contribution in [1.29, 1.82) is 0 Å². The van der Waals surface area contributed by atoms with E-state index >= 15 is 0 Å². The van der Waals surface area contributed by atoms with Gasteiger partial charge >= 0.3 is 0 Å². The largest absolute Gasteiger partial charge is 0.360 e. The number of nitrogens with zero attached hydrogens (tertiary/aromatic N) is 3. The molecule has 1 aromatic carbocycles. The molecule has 0 radical (unpaired) electrons. The van der Waals surface area contributed by atoms with Crippen LogP contribution in [-0.4, -0.2) is 45.2 Å². The van der Waals surface area contributed by atoms with Crippen molar-refractivity contribution in [2.75, 3.05) is 25.0 Å². The molecule has 0 spiro atoms. The van der Waals surface area contributed by atoms with Gasteiger partial charge in [-0.2, -0.15) is 0 Å². The summed E-state index contributed by atoms with van der Waals surface area (Å²) < 4.78 is 15.2. The number of hydrogen-bond acceptors (Lipinski definition) is 4. The lowest BCUT2D eigenvalue weighted by atomic mass is 10.1. The normalized spacial score (nSPS) is 15.2. The van der Waals surface area contributed by atoms with Crippen molar-refractivity contribution in [3.8, 4) is 0 Å². The van der Waals surface area contributed by atoms with Gasteiger partial charge in [0.15, 0.2) is 5.11 Å². The Morgan fingerprint density at radius 2 is 1.90 bits per heavy atom. The summed E-state index contributed by atoms with van der Waals surface area (Å²) in [6.07, 6.45) is 3.11. The van der Waals surface area contributed by atoms with E-state index in [0.717, 1.165) is 38.2 Å². The molecule has 6 nitrogen and oxygen atoms in total. The number of likely N-dealkylation sites (tertiary alicyclic amines) is 1. The second-order valence-electron chi connectivity index (χ2n) is 7.96. The highest BCUT2D eigenvalue weighted by atomic mass is 32.1. The Labute approximate surface area is 186 Å². The predicted octanol–water partition coefficient (Wildman–Crippen LogP) is 3.30. The number of fused-ring (bicyclic) bond motifs is 1. The highest BCUT2D eigenvalue weighted by molar-refractivity contribution is 7.80. The van der Waals surface area contributed by atoms with E-state index in [2.05, 4.69) is 39.6 Å². The monoisotopic (exact) mass is 439 g/mol. The number of rotatable bonds is 5. The predicted molar refractivity (Wildman–Crippen MR) is 126 cm³/mol. The zero-order valence-electron chi connectivity index (χ0n) is 17.5. The van der Waals surface area contributed by atoms with Crippen LogP contribution in [0.25, 0.3) is 11.0 Å². The second-order valence-corrected chi connectivity index (χ2v) is 8.37. The van der Waals surface area contributed by atoms with Gasteiger partial charge < -0.3 is 20.1 Å². The fourth-order valence-electron chi connectivity index (χ4n) is 3.91. The third-order valence-corrected chi connectivity index (χ3v) is 5.90. The van der Waals surface area contributed by atoms with Crippen LogP contribution in [0.5, 0.6) is 0 Å². The van der Waals surface area contributed by atoms with Crippen molar-refractivity contribution in [1.82, 2.24) is 19.8 Å². The third kappa shape index (κ3) is 5.45. The molecule has 2 aromatic heterocycles. The highest BCUT2D eigenvalue weighted by Gasteiger charge is 2.20. The van der Waals surface area contributed by atoms with Crippen molar-refractivity contribution < 1.29 is 4.39 Å². The number of piperidine rings is 1. The molecular weight excluding hydrogens is 413 g/mol. The molecule has 0 aliphatic carbocycles. The van der Waals surface area contributed by atoms with Gasteiger partial charge in [-0.05, 0) is 50.2 Å². The Kier molecular flexibility index (Phi) is 6.58. The van der Waals surface area contributed by atoms with Gasteiger partial charge in [-0.25, -0.2) is 4.39 Å². The van der Waals surface area contributed by atoms with E-state index in [9.17, 15) is 9.18 Å². The van der Waals surface area contributed by atoms with E-state index in [1.807, 2.05) is 12.1 Å². The molecule has 8 heteroatoms. The average Bonchev–Trinajstić information content (AvgIpc) is 2.76. The molecule has 31 heavy (non-hydrogen) atoms. The van der Waals surface area contributed by atoms with Gasteiger partial charge in [0.05, 0.1) is 17.2 Å². The minimum absolute atomic E-state index is 0.135. The molecule has 3 aromatic rings. The average molecular weight is 440 g/mol. The summed E-state index contributed by atoms with van der Waals surface area (Å²) in [5.74, 6) is -0.436. The lowest BCUT2D eigenvalue weighted by Crippen LogP contribution is -2.46. The molecule has 4 rings (SSSR count). The fraction of sp³-hybridized carbons (Fsp3) is 0.348. The molecule has 3 heterocycles. The first kappa shape index (κ1) is 21.4. The van der Waals surface area contributed by atoms with Gasteiger partial charge in [-0.3, -0.25) is 9.78 Å². The van der Waals surface area contributed by atoms with Crippen LogP contribution in [0, 0.1) is 12.7 Å². The van der Waals surface area contributed by atoms with Crippen LogP contribution in [0.15, 0.2) is 53.5 Å². The Morgan fingerprint density at radius 3 is 2.65 bits per heavy atom. The molecule has 0 saturated carbocycles. The number of hydrogen-bond donors (Lipinski definition) is 2. The van der Waals surface area contributed by atoms with Crippen LogP contribution >= 0.6 is 12.2 Å². The summed E-state index contributed by atoms with van der Waals surface area (Å²) in [4.78, 5) is 18.7. The van der Waals surface area contributed by atoms with E-state index < -0.39 is 5.82 Å². The summed E-state index contributed by atoms with van der Waals surface area (Å²) in [6, 6.07) is 13.0. The number of anilines is 1. The Balaban J connectivity index is 1.28. The zero-order chi connectivity index (χ0) is 21.8. The molecule has 0 atom stereocenters. The highest BCUT2D eigenvalue weighted by Crippen LogP contribution is 2.14. The van der Waals surface area contributed by atoms with Gasteiger partial charge in [0.1, 0.15) is 5.82 Å². The molecule has 1 aliphatic rings. The maximum Gasteiger partial charge on any atom is 0.251 e. The minimum atomic E-state index is -0.436. The van der Waals surface area contributed by atoms with E-state index in [0.29, 0.717) is 28.7 Å². The van der Waals surface area contributed by atoms with Crippen molar-refractivity contribution in [3.05, 3.63) is 70.4 Å². The number of halogens is 1. The number of aryl methyl sites for hydroxylation is 1. The summed E-state index contributed by atoms with van der Waals surface area (Å²) in [5, 5.41) is 7.28. The smallest absolute Gasteiger partial charge is 0.251 e. The summed E-state index contributed by atoms with van der Waals surface area (Å²) in [5.41, 5.74) is 3.22. The second kappa shape index (κ2) is 9.53. The number of thiocarbonyl (C=S) groups is 1. The Bertz CT molecular complexity index is 1120. The molecule has 1 fully saturated rings. The molecule has 1 saturated heterocycles. The first-order valence-corrected chi connectivity index (χ1v) is 10.9. The van der Waals surface area contributed by atoms with E-state index in [-0.39, 0.29) is 5.56 Å². The lowest BCUT2D eigenvalue weighted by Gasteiger charge is -2.33. The van der Waals surface area contributed by atoms with Crippen LogP contribution < -0.4 is 16.2 Å². The molecule has 162 valence electrons. The Hall–Kier alpha value is -2.84. The zero-order valence-corrected chi connectivity index (χ0v) is 18.3. The molecule has 0 amide bonds. The fourth-order valence-corrected chi connectivity index (χ4v) is 4.19. The van der Waals surface area contributed by atoms with Crippen LogP contribution in [0.1, 0.15) is 18.4 Å². The van der Waals surface area contributed by atoms with Crippen LogP contribution in [0.3, 0.4) is 0 Å². The quantitative estimate of drug-likeness (QED) is 0.595. The standard InChI is InChI=1S/C23H26FN5OS/c1-16-2-4-18(5-3-16)26-23(31)27-19-8-10-28(11-9-19)12-13-29-21-14-17(24)15-25-20(21)6-7-22(29)30/h2-7,14-15,19H,8-13H2,1H3,(H2,26,27,31). The lowest BCUT2D eigenvalue weighted by molar-refractivity contribution is 0.200. The van der Waals surface area contributed by atoms with E-state index in [1.54, 1.807) is 10.6 Å². The third-order valence-electron chi connectivity index (χ3n) is 5.68. The SMILES string of the molecule is Cc1ccc(NC(=S)NC2CCN(CCn3c(=O)ccc4ncc(F)cc43)CC2)cc1. The van der Waals surface area contributed by atoms with Gasteiger partial charge in [-0.15, -0.1) is 0 Å². The Morgan fingerprint density at radius 1 is 1.16 bits per heavy atom.